The largest absolute Gasteiger partial charge is 0.482 e. The Morgan fingerprint density at radius 3 is 2.30 bits per heavy atom. The summed E-state index contributed by atoms with van der Waals surface area (Å²) in [6.45, 7) is 13.3. The van der Waals surface area contributed by atoms with Crippen LogP contribution in [-0.2, 0) is 14.9 Å². The van der Waals surface area contributed by atoms with Crippen LogP contribution in [0.2, 0.25) is 13.1 Å². The highest BCUT2D eigenvalue weighted by atomic mass is 28.3. The molecule has 111 valence electrons. The van der Waals surface area contributed by atoms with Crippen LogP contribution in [-0.4, -0.2) is 28.5 Å². The topological polar surface area (TPSA) is 35.5 Å². The standard InChI is InChI=1S/C16H25O3Si/c1-11-13(19-10-14(17)18-5)9-8-12(16(2,3)4)15(11)20(6)7/h8-9H,10H2,1-7H3. The number of rotatable bonds is 4. The molecule has 0 saturated carbocycles. The van der Waals surface area contributed by atoms with Gasteiger partial charge in [0.2, 0.25) is 0 Å². The number of carbonyl (C=O) groups is 1. The molecule has 20 heavy (non-hydrogen) atoms. The molecule has 0 amide bonds. The Kier molecular flexibility index (Phi) is 5.40. The van der Waals surface area contributed by atoms with Crippen molar-refractivity contribution in [1.29, 1.82) is 0 Å². The minimum Gasteiger partial charge on any atom is -0.482 e. The van der Waals surface area contributed by atoms with Crippen LogP contribution in [0.15, 0.2) is 12.1 Å². The summed E-state index contributed by atoms with van der Waals surface area (Å²) in [7, 11) is 0.751. The van der Waals surface area contributed by atoms with Crippen molar-refractivity contribution >= 4 is 20.0 Å². The fourth-order valence-electron chi connectivity index (χ4n) is 2.31. The minimum atomic E-state index is -0.616. The average Bonchev–Trinajstić information content (AvgIpc) is 2.34. The van der Waals surface area contributed by atoms with Crippen molar-refractivity contribution in [3.63, 3.8) is 0 Å². The van der Waals surface area contributed by atoms with Gasteiger partial charge in [-0.05, 0) is 29.5 Å². The monoisotopic (exact) mass is 293 g/mol. The van der Waals surface area contributed by atoms with Crippen molar-refractivity contribution in [1.82, 2.24) is 0 Å². The van der Waals surface area contributed by atoms with Gasteiger partial charge in [0.25, 0.3) is 0 Å². The molecular weight excluding hydrogens is 268 g/mol. The Bertz CT molecular complexity index is 487. The van der Waals surface area contributed by atoms with E-state index in [1.807, 2.05) is 6.07 Å². The van der Waals surface area contributed by atoms with E-state index in [2.05, 4.69) is 51.6 Å². The molecule has 0 fully saturated rings. The summed E-state index contributed by atoms with van der Waals surface area (Å²) in [4.78, 5) is 11.2. The maximum absolute atomic E-state index is 11.2. The van der Waals surface area contributed by atoms with Gasteiger partial charge in [-0.2, -0.15) is 0 Å². The summed E-state index contributed by atoms with van der Waals surface area (Å²) in [5.41, 5.74) is 2.64. The van der Waals surface area contributed by atoms with Gasteiger partial charge < -0.3 is 9.47 Å². The van der Waals surface area contributed by atoms with Gasteiger partial charge >= 0.3 is 5.97 Å². The molecule has 0 N–H and O–H groups in total. The SMILES string of the molecule is COC(=O)COc1ccc(C(C)(C)C)c([Si](C)C)c1C. The van der Waals surface area contributed by atoms with Crippen molar-refractivity contribution in [2.24, 2.45) is 0 Å². The number of hydrogen-bond acceptors (Lipinski definition) is 3. The Labute approximate surface area is 123 Å². The summed E-state index contributed by atoms with van der Waals surface area (Å²) in [5.74, 6) is 0.425. The van der Waals surface area contributed by atoms with E-state index in [0.717, 1.165) is 11.3 Å². The second kappa shape index (κ2) is 6.44. The quantitative estimate of drug-likeness (QED) is 0.632. The van der Waals surface area contributed by atoms with E-state index in [9.17, 15) is 4.79 Å². The van der Waals surface area contributed by atoms with Crippen LogP contribution in [0, 0.1) is 6.92 Å². The first kappa shape index (κ1) is 16.8. The number of ether oxygens (including phenoxy) is 2. The van der Waals surface area contributed by atoms with Crippen molar-refractivity contribution in [3.8, 4) is 5.75 Å². The van der Waals surface area contributed by atoms with Crippen LogP contribution in [0.4, 0.5) is 0 Å². The lowest BCUT2D eigenvalue weighted by molar-refractivity contribution is -0.142. The van der Waals surface area contributed by atoms with E-state index in [-0.39, 0.29) is 18.0 Å². The van der Waals surface area contributed by atoms with Crippen molar-refractivity contribution in [2.75, 3.05) is 13.7 Å². The third kappa shape index (κ3) is 3.85. The van der Waals surface area contributed by atoms with Crippen molar-refractivity contribution < 1.29 is 14.3 Å². The molecule has 0 aliphatic rings. The maximum Gasteiger partial charge on any atom is 0.343 e. The summed E-state index contributed by atoms with van der Waals surface area (Å²) in [5, 5.41) is 1.41. The molecule has 1 aromatic rings. The number of methoxy groups -OCH3 is 1. The molecule has 0 heterocycles. The van der Waals surface area contributed by atoms with Crippen LogP contribution in [0.25, 0.3) is 0 Å². The van der Waals surface area contributed by atoms with E-state index in [1.54, 1.807) is 0 Å². The molecule has 4 heteroatoms. The molecule has 0 aliphatic carbocycles. The fraction of sp³-hybridized carbons (Fsp3) is 0.562. The Balaban J connectivity index is 3.19. The molecule has 0 atom stereocenters. The highest BCUT2D eigenvalue weighted by Crippen LogP contribution is 2.26. The first-order valence-corrected chi connectivity index (χ1v) is 9.32. The van der Waals surface area contributed by atoms with Crippen molar-refractivity contribution in [2.45, 2.75) is 46.2 Å². The highest BCUT2D eigenvalue weighted by molar-refractivity contribution is 6.71. The summed E-state index contributed by atoms with van der Waals surface area (Å²) < 4.78 is 10.2. The van der Waals surface area contributed by atoms with E-state index in [0.29, 0.717) is 0 Å². The zero-order valence-corrected chi connectivity index (χ0v) is 14.6. The van der Waals surface area contributed by atoms with Crippen LogP contribution in [0.1, 0.15) is 31.9 Å². The van der Waals surface area contributed by atoms with Gasteiger partial charge in [0, 0.05) is 0 Å². The van der Waals surface area contributed by atoms with Gasteiger partial charge in [-0.15, -0.1) is 0 Å². The molecule has 1 radical (unpaired) electrons. The smallest absolute Gasteiger partial charge is 0.343 e. The van der Waals surface area contributed by atoms with Crippen LogP contribution >= 0.6 is 0 Å². The Hall–Kier alpha value is -1.29. The van der Waals surface area contributed by atoms with Gasteiger partial charge in [0.1, 0.15) is 5.75 Å². The number of benzene rings is 1. The second-order valence-corrected chi connectivity index (χ2v) is 8.73. The van der Waals surface area contributed by atoms with Crippen LogP contribution < -0.4 is 9.92 Å². The van der Waals surface area contributed by atoms with E-state index >= 15 is 0 Å². The molecule has 0 saturated heterocycles. The minimum absolute atomic E-state index is 0.0405. The van der Waals surface area contributed by atoms with Crippen molar-refractivity contribution in [3.05, 3.63) is 23.3 Å². The average molecular weight is 293 g/mol. The fourth-order valence-corrected chi connectivity index (χ4v) is 4.18. The highest BCUT2D eigenvalue weighted by Gasteiger charge is 2.23. The van der Waals surface area contributed by atoms with Gasteiger partial charge in [0.15, 0.2) is 6.61 Å². The molecule has 0 aliphatic heterocycles. The maximum atomic E-state index is 11.2. The second-order valence-electron chi connectivity index (χ2n) is 6.23. The molecular formula is C16H25O3Si. The van der Waals surface area contributed by atoms with Crippen LogP contribution in [0.3, 0.4) is 0 Å². The molecule has 0 spiro atoms. The van der Waals surface area contributed by atoms with Gasteiger partial charge in [-0.3, -0.25) is 0 Å². The van der Waals surface area contributed by atoms with Gasteiger partial charge in [-0.1, -0.05) is 45.1 Å². The first-order valence-electron chi connectivity index (χ1n) is 6.82. The molecule has 1 aromatic carbocycles. The third-order valence-electron chi connectivity index (χ3n) is 3.30. The first-order chi connectivity index (χ1) is 9.18. The number of carbonyl (C=O) groups excluding carboxylic acids is 1. The number of hydrogen-bond donors (Lipinski definition) is 0. The predicted octanol–water partition coefficient (Wildman–Crippen LogP) is 2.81. The Morgan fingerprint density at radius 1 is 1.25 bits per heavy atom. The summed E-state index contributed by atoms with van der Waals surface area (Å²) in [6, 6.07) is 4.10. The number of esters is 1. The predicted molar refractivity (Wildman–Crippen MR) is 84.5 cm³/mol. The molecule has 0 unspecified atom stereocenters. The lowest BCUT2D eigenvalue weighted by Gasteiger charge is -2.27. The molecule has 0 bridgehead atoms. The summed E-state index contributed by atoms with van der Waals surface area (Å²) in [6.07, 6.45) is 0. The lowest BCUT2D eigenvalue weighted by Crippen LogP contribution is -2.35. The van der Waals surface area contributed by atoms with Gasteiger partial charge in [-0.25, -0.2) is 4.79 Å². The summed E-state index contributed by atoms with van der Waals surface area (Å²) >= 11 is 0. The Morgan fingerprint density at radius 2 is 1.85 bits per heavy atom. The molecule has 0 aromatic heterocycles. The van der Waals surface area contributed by atoms with E-state index in [1.165, 1.54) is 17.9 Å². The van der Waals surface area contributed by atoms with E-state index in [4.69, 9.17) is 4.74 Å². The van der Waals surface area contributed by atoms with Gasteiger partial charge in [0.05, 0.1) is 15.9 Å². The zero-order valence-electron chi connectivity index (χ0n) is 13.6. The molecule has 1 rings (SSSR count). The molecule has 3 nitrogen and oxygen atoms in total. The van der Waals surface area contributed by atoms with Crippen LogP contribution in [0.5, 0.6) is 5.75 Å². The third-order valence-corrected chi connectivity index (χ3v) is 4.94. The van der Waals surface area contributed by atoms with E-state index < -0.39 is 8.80 Å². The zero-order chi connectivity index (χ0) is 15.5. The lowest BCUT2D eigenvalue weighted by atomic mass is 9.86. The normalized spacial score (nSPS) is 11.6.